The molecule has 2 nitrogen and oxygen atoms in total. The molecular weight excluding hydrogens is 276 g/mol. The minimum Gasteiger partial charge on any atom is -0.244 e. The Kier molecular flexibility index (Phi) is 3.29. The van der Waals surface area contributed by atoms with Gasteiger partial charge in [0.2, 0.25) is 0 Å². The quantitative estimate of drug-likeness (QED) is 0.736. The smallest absolute Gasteiger partial charge is 0.117 e. The van der Waals surface area contributed by atoms with E-state index < -0.39 is 0 Å². The summed E-state index contributed by atoms with van der Waals surface area (Å²) in [4.78, 5) is 8.18. The molecule has 88 valence electrons. The van der Waals surface area contributed by atoms with Crippen molar-refractivity contribution >= 4 is 15.9 Å². The molecule has 1 heterocycles. The Morgan fingerprint density at radius 1 is 1.06 bits per heavy atom. The van der Waals surface area contributed by atoms with Gasteiger partial charge in [-0.05, 0) is 32.5 Å². The highest BCUT2D eigenvalue weighted by Gasteiger charge is 2.13. The van der Waals surface area contributed by atoms with Gasteiger partial charge in [0, 0.05) is 11.8 Å². The van der Waals surface area contributed by atoms with E-state index in [0.29, 0.717) is 0 Å². The van der Waals surface area contributed by atoms with Crippen molar-refractivity contribution < 1.29 is 0 Å². The van der Waals surface area contributed by atoms with E-state index in [2.05, 4.69) is 70.9 Å². The number of aromatic nitrogens is 2. The molecule has 0 amide bonds. The number of hydrogen-bond acceptors (Lipinski definition) is 2. The van der Waals surface area contributed by atoms with E-state index in [0.717, 1.165) is 15.7 Å². The monoisotopic (exact) mass is 290 g/mol. The molecule has 2 rings (SSSR count). The maximum absolute atomic E-state index is 4.13. The first-order valence-electron chi connectivity index (χ1n) is 5.55. The summed E-state index contributed by atoms with van der Waals surface area (Å²) < 4.78 is 0.830. The maximum atomic E-state index is 4.13. The third kappa shape index (κ3) is 2.72. The SMILES string of the molecule is CC(C)(C)c1ccc(-c2cncnc2Br)cc1. The first kappa shape index (κ1) is 12.2. The molecule has 0 spiro atoms. The second-order valence-electron chi connectivity index (χ2n) is 5.05. The van der Waals surface area contributed by atoms with Crippen LogP contribution in [0.5, 0.6) is 0 Å². The molecule has 1 aromatic heterocycles. The summed E-state index contributed by atoms with van der Waals surface area (Å²) >= 11 is 3.44. The molecule has 0 fully saturated rings. The van der Waals surface area contributed by atoms with Crippen LogP contribution in [0.2, 0.25) is 0 Å². The fourth-order valence-corrected chi connectivity index (χ4v) is 2.08. The third-order valence-electron chi connectivity index (χ3n) is 2.73. The third-order valence-corrected chi connectivity index (χ3v) is 3.36. The van der Waals surface area contributed by atoms with E-state index in [9.17, 15) is 0 Å². The van der Waals surface area contributed by atoms with Crippen molar-refractivity contribution in [3.63, 3.8) is 0 Å². The lowest BCUT2D eigenvalue weighted by Gasteiger charge is -2.19. The maximum Gasteiger partial charge on any atom is 0.117 e. The first-order valence-corrected chi connectivity index (χ1v) is 6.34. The molecule has 2 aromatic rings. The number of benzene rings is 1. The number of rotatable bonds is 1. The number of hydrogen-bond donors (Lipinski definition) is 0. The molecule has 1 aromatic carbocycles. The zero-order valence-electron chi connectivity index (χ0n) is 10.2. The average molecular weight is 291 g/mol. The van der Waals surface area contributed by atoms with Gasteiger partial charge in [0.1, 0.15) is 10.9 Å². The zero-order chi connectivity index (χ0) is 12.5. The molecule has 17 heavy (non-hydrogen) atoms. The highest BCUT2D eigenvalue weighted by Crippen LogP contribution is 2.28. The first-order chi connectivity index (χ1) is 7.98. The second kappa shape index (κ2) is 4.57. The van der Waals surface area contributed by atoms with Gasteiger partial charge in [0.05, 0.1) is 0 Å². The standard InChI is InChI=1S/C14H15BrN2/c1-14(2,3)11-6-4-10(5-7-11)12-8-16-9-17-13(12)15/h4-9H,1-3H3. The van der Waals surface area contributed by atoms with E-state index in [1.807, 2.05) is 6.20 Å². The van der Waals surface area contributed by atoms with Crippen LogP contribution >= 0.6 is 15.9 Å². The summed E-state index contributed by atoms with van der Waals surface area (Å²) in [7, 11) is 0. The van der Waals surface area contributed by atoms with Gasteiger partial charge in [-0.1, -0.05) is 45.0 Å². The lowest BCUT2D eigenvalue weighted by molar-refractivity contribution is 0.590. The van der Waals surface area contributed by atoms with E-state index in [-0.39, 0.29) is 5.41 Å². The predicted octanol–water partition coefficient (Wildman–Crippen LogP) is 4.20. The van der Waals surface area contributed by atoms with Crippen molar-refractivity contribution in [1.82, 2.24) is 9.97 Å². The molecule has 0 aliphatic carbocycles. The molecule has 0 aliphatic heterocycles. The topological polar surface area (TPSA) is 25.8 Å². The van der Waals surface area contributed by atoms with Crippen molar-refractivity contribution in [3.05, 3.63) is 47.0 Å². The van der Waals surface area contributed by atoms with Crippen molar-refractivity contribution in [2.45, 2.75) is 26.2 Å². The molecule has 0 N–H and O–H groups in total. The number of nitrogens with zero attached hydrogens (tertiary/aromatic N) is 2. The fourth-order valence-electron chi connectivity index (χ4n) is 1.66. The van der Waals surface area contributed by atoms with Gasteiger partial charge >= 0.3 is 0 Å². The Bertz CT molecular complexity index is 512. The van der Waals surface area contributed by atoms with Crippen LogP contribution in [0.3, 0.4) is 0 Å². The van der Waals surface area contributed by atoms with Gasteiger partial charge in [-0.2, -0.15) is 0 Å². The summed E-state index contributed by atoms with van der Waals surface area (Å²) in [6.07, 6.45) is 3.36. The Hall–Kier alpha value is -1.22. The minimum atomic E-state index is 0.183. The Balaban J connectivity index is 2.40. The molecule has 0 aliphatic rings. The molecule has 0 bridgehead atoms. The summed E-state index contributed by atoms with van der Waals surface area (Å²) in [5.41, 5.74) is 3.66. The van der Waals surface area contributed by atoms with Crippen molar-refractivity contribution in [2.75, 3.05) is 0 Å². The lowest BCUT2D eigenvalue weighted by atomic mass is 9.86. The fraction of sp³-hybridized carbons (Fsp3) is 0.286. The van der Waals surface area contributed by atoms with Crippen LogP contribution in [0, 0.1) is 0 Å². The molecule has 0 atom stereocenters. The molecule has 3 heteroatoms. The predicted molar refractivity (Wildman–Crippen MR) is 73.9 cm³/mol. The van der Waals surface area contributed by atoms with Crippen molar-refractivity contribution in [2.24, 2.45) is 0 Å². The van der Waals surface area contributed by atoms with Crippen LogP contribution in [-0.2, 0) is 5.41 Å². The summed E-state index contributed by atoms with van der Waals surface area (Å²) in [6.45, 7) is 6.64. The largest absolute Gasteiger partial charge is 0.244 e. The van der Waals surface area contributed by atoms with E-state index in [1.54, 1.807) is 0 Å². The van der Waals surface area contributed by atoms with Gasteiger partial charge in [0.15, 0.2) is 0 Å². The lowest BCUT2D eigenvalue weighted by Crippen LogP contribution is -2.10. The molecule has 0 radical (unpaired) electrons. The van der Waals surface area contributed by atoms with Crippen molar-refractivity contribution in [1.29, 1.82) is 0 Å². The Morgan fingerprint density at radius 2 is 1.71 bits per heavy atom. The van der Waals surface area contributed by atoms with Crippen LogP contribution in [0.1, 0.15) is 26.3 Å². The van der Waals surface area contributed by atoms with Crippen LogP contribution < -0.4 is 0 Å². The highest BCUT2D eigenvalue weighted by atomic mass is 79.9. The van der Waals surface area contributed by atoms with Crippen LogP contribution in [0.4, 0.5) is 0 Å². The van der Waals surface area contributed by atoms with Crippen LogP contribution in [0.25, 0.3) is 11.1 Å². The second-order valence-corrected chi connectivity index (χ2v) is 5.81. The van der Waals surface area contributed by atoms with Gasteiger partial charge in [-0.15, -0.1) is 0 Å². The van der Waals surface area contributed by atoms with Gasteiger partial charge < -0.3 is 0 Å². The zero-order valence-corrected chi connectivity index (χ0v) is 11.8. The Labute approximate surface area is 110 Å². The molecule has 0 saturated carbocycles. The average Bonchev–Trinajstić information content (AvgIpc) is 2.29. The summed E-state index contributed by atoms with van der Waals surface area (Å²) in [5.74, 6) is 0. The van der Waals surface area contributed by atoms with Gasteiger partial charge in [0.25, 0.3) is 0 Å². The summed E-state index contributed by atoms with van der Waals surface area (Å²) in [5, 5.41) is 0. The van der Waals surface area contributed by atoms with E-state index >= 15 is 0 Å². The van der Waals surface area contributed by atoms with Gasteiger partial charge in [-0.3, -0.25) is 0 Å². The van der Waals surface area contributed by atoms with Crippen molar-refractivity contribution in [3.8, 4) is 11.1 Å². The minimum absolute atomic E-state index is 0.183. The summed E-state index contributed by atoms with van der Waals surface area (Å²) in [6, 6.07) is 8.55. The molecule has 0 unspecified atom stereocenters. The van der Waals surface area contributed by atoms with Gasteiger partial charge in [-0.25, -0.2) is 9.97 Å². The molecular formula is C14H15BrN2. The van der Waals surface area contributed by atoms with E-state index in [1.165, 1.54) is 11.9 Å². The Morgan fingerprint density at radius 3 is 2.24 bits per heavy atom. The highest BCUT2D eigenvalue weighted by molar-refractivity contribution is 9.10. The molecule has 0 saturated heterocycles. The van der Waals surface area contributed by atoms with E-state index in [4.69, 9.17) is 0 Å². The normalized spacial score (nSPS) is 11.5. The van der Waals surface area contributed by atoms with Crippen LogP contribution in [-0.4, -0.2) is 9.97 Å². The number of halogens is 1. The van der Waals surface area contributed by atoms with Crippen LogP contribution in [0.15, 0.2) is 41.4 Å².